The number of fused-ring (bicyclic) bond motifs is 1. The Labute approximate surface area is 194 Å². The van der Waals surface area contributed by atoms with E-state index in [1.54, 1.807) is 18.2 Å². The van der Waals surface area contributed by atoms with E-state index in [0.717, 1.165) is 29.2 Å². The fourth-order valence-corrected chi connectivity index (χ4v) is 3.99. The molecule has 3 rings (SSSR count). The van der Waals surface area contributed by atoms with E-state index in [1.165, 1.54) is 12.1 Å². The first kappa shape index (κ1) is 24.7. The van der Waals surface area contributed by atoms with Crippen molar-refractivity contribution in [3.63, 3.8) is 0 Å². The topological polar surface area (TPSA) is 78.8 Å². The molecular weight excluding hydrogens is 421 g/mol. The number of ether oxygens (including phenoxy) is 1. The van der Waals surface area contributed by atoms with Crippen LogP contribution in [0.25, 0.3) is 10.8 Å². The van der Waals surface area contributed by atoms with Crippen molar-refractivity contribution >= 4 is 16.7 Å². The van der Waals surface area contributed by atoms with Crippen LogP contribution in [0.4, 0.5) is 4.39 Å². The average molecular weight is 454 g/mol. The van der Waals surface area contributed by atoms with Crippen LogP contribution in [0.2, 0.25) is 0 Å². The van der Waals surface area contributed by atoms with Crippen molar-refractivity contribution in [3.8, 4) is 5.75 Å². The molecule has 0 saturated heterocycles. The molecule has 3 N–H and O–H groups in total. The van der Waals surface area contributed by atoms with Crippen molar-refractivity contribution in [2.75, 3.05) is 6.61 Å². The third kappa shape index (κ3) is 5.89. The fourth-order valence-electron chi connectivity index (χ4n) is 3.99. The van der Waals surface area contributed by atoms with Crippen LogP contribution in [0.3, 0.4) is 0 Å². The molecule has 0 bridgehead atoms. The van der Waals surface area contributed by atoms with Crippen molar-refractivity contribution in [2.45, 2.75) is 57.8 Å². The van der Waals surface area contributed by atoms with Crippen LogP contribution in [-0.4, -0.2) is 34.6 Å². The third-order valence-corrected chi connectivity index (χ3v) is 6.14. The van der Waals surface area contributed by atoms with Crippen LogP contribution in [-0.2, 0) is 6.42 Å². The molecule has 3 aromatic rings. The van der Waals surface area contributed by atoms with Gasteiger partial charge in [-0.15, -0.1) is 0 Å². The number of hydrogen-bond acceptors (Lipinski definition) is 4. The molecule has 6 heteroatoms. The minimum atomic E-state index is -1.68. The maximum atomic E-state index is 13.4. The van der Waals surface area contributed by atoms with Crippen LogP contribution >= 0.6 is 0 Å². The Morgan fingerprint density at radius 2 is 1.79 bits per heavy atom. The van der Waals surface area contributed by atoms with E-state index in [4.69, 9.17) is 4.74 Å². The summed E-state index contributed by atoms with van der Waals surface area (Å²) in [6.07, 6.45) is 1.33. The molecule has 0 heterocycles. The van der Waals surface area contributed by atoms with Gasteiger partial charge in [-0.25, -0.2) is 4.39 Å². The van der Waals surface area contributed by atoms with Crippen molar-refractivity contribution in [1.82, 2.24) is 5.32 Å². The Balaban J connectivity index is 1.89. The van der Waals surface area contributed by atoms with Crippen LogP contribution in [0, 0.1) is 5.82 Å². The highest BCUT2D eigenvalue weighted by atomic mass is 19.1. The highest BCUT2D eigenvalue weighted by molar-refractivity contribution is 6.04. The third-order valence-electron chi connectivity index (χ3n) is 6.14. The lowest BCUT2D eigenvalue weighted by Gasteiger charge is -2.35. The Morgan fingerprint density at radius 1 is 1.06 bits per heavy atom. The van der Waals surface area contributed by atoms with Gasteiger partial charge < -0.3 is 20.3 Å². The molecule has 1 atom stereocenters. The monoisotopic (exact) mass is 453 g/mol. The second-order valence-electron chi connectivity index (χ2n) is 8.33. The van der Waals surface area contributed by atoms with Crippen molar-refractivity contribution in [3.05, 3.63) is 77.6 Å². The van der Waals surface area contributed by atoms with E-state index in [0.29, 0.717) is 37.2 Å². The number of carbonyl (C=O) groups excluding carboxylic acids is 1. The minimum Gasteiger partial charge on any atom is -0.492 e. The number of aliphatic hydroxyl groups is 2. The number of unbranched alkanes of at least 4 members (excludes halogenated alkanes) is 1. The molecule has 0 fully saturated rings. The summed E-state index contributed by atoms with van der Waals surface area (Å²) in [6, 6.07) is 17.4. The SMILES string of the molecule is CCCCC(CC)(NC(=O)c1ccc2ccccc2c1OCCc1ccc(F)cc1)C(O)O. The predicted octanol–water partition coefficient (Wildman–Crippen LogP) is 4.98. The molecule has 0 saturated carbocycles. The molecular formula is C27H32FNO4. The highest BCUT2D eigenvalue weighted by Gasteiger charge is 2.37. The zero-order valence-corrected chi connectivity index (χ0v) is 19.2. The number of benzene rings is 3. The maximum Gasteiger partial charge on any atom is 0.255 e. The largest absolute Gasteiger partial charge is 0.492 e. The van der Waals surface area contributed by atoms with E-state index in [1.807, 2.05) is 44.2 Å². The second-order valence-corrected chi connectivity index (χ2v) is 8.33. The van der Waals surface area contributed by atoms with Crippen LogP contribution in [0.15, 0.2) is 60.7 Å². The van der Waals surface area contributed by atoms with E-state index >= 15 is 0 Å². The summed E-state index contributed by atoms with van der Waals surface area (Å²) in [5.74, 6) is -0.259. The highest BCUT2D eigenvalue weighted by Crippen LogP contribution is 2.31. The number of hydrogen-bond donors (Lipinski definition) is 3. The number of halogens is 1. The summed E-state index contributed by atoms with van der Waals surface area (Å²) < 4.78 is 19.3. The van der Waals surface area contributed by atoms with Crippen molar-refractivity contribution in [2.24, 2.45) is 0 Å². The molecule has 33 heavy (non-hydrogen) atoms. The Morgan fingerprint density at radius 3 is 2.45 bits per heavy atom. The van der Waals surface area contributed by atoms with Crippen molar-refractivity contribution < 1.29 is 24.1 Å². The molecule has 0 aliphatic heterocycles. The number of aliphatic hydroxyl groups excluding tert-OH is 1. The van der Waals surface area contributed by atoms with Gasteiger partial charge in [0.05, 0.1) is 17.7 Å². The maximum absolute atomic E-state index is 13.4. The smallest absolute Gasteiger partial charge is 0.255 e. The summed E-state index contributed by atoms with van der Waals surface area (Å²) in [6.45, 7) is 4.15. The first-order valence-corrected chi connectivity index (χ1v) is 11.5. The summed E-state index contributed by atoms with van der Waals surface area (Å²) in [7, 11) is 0. The lowest BCUT2D eigenvalue weighted by atomic mass is 9.88. The number of amides is 1. The zero-order valence-electron chi connectivity index (χ0n) is 19.2. The standard InChI is InChI=1S/C27H32FNO4/c1-3-5-17-27(4-2,26(31)32)29-25(30)23-15-12-20-8-6-7-9-22(20)24(23)33-18-16-19-10-13-21(28)14-11-19/h6-15,26,31-32H,3-5,16-18H2,1-2H3,(H,29,30). The average Bonchev–Trinajstić information content (AvgIpc) is 2.82. The van der Waals surface area contributed by atoms with Gasteiger partial charge in [0.25, 0.3) is 5.91 Å². The van der Waals surface area contributed by atoms with Gasteiger partial charge in [-0.05, 0) is 42.0 Å². The van der Waals surface area contributed by atoms with Crippen LogP contribution in [0.1, 0.15) is 55.5 Å². The van der Waals surface area contributed by atoms with E-state index < -0.39 is 17.7 Å². The van der Waals surface area contributed by atoms with Gasteiger partial charge in [0, 0.05) is 11.8 Å². The van der Waals surface area contributed by atoms with Crippen molar-refractivity contribution in [1.29, 1.82) is 0 Å². The molecule has 0 radical (unpaired) electrons. The first-order valence-electron chi connectivity index (χ1n) is 11.5. The van der Waals surface area contributed by atoms with Gasteiger partial charge in [-0.1, -0.05) is 69.2 Å². The lowest BCUT2D eigenvalue weighted by Crippen LogP contribution is -2.56. The van der Waals surface area contributed by atoms with Crippen LogP contribution < -0.4 is 10.1 Å². The summed E-state index contributed by atoms with van der Waals surface area (Å²) in [5.41, 5.74) is 0.128. The van der Waals surface area contributed by atoms with E-state index in [2.05, 4.69) is 5.32 Å². The molecule has 1 amide bonds. The van der Waals surface area contributed by atoms with Gasteiger partial charge in [-0.2, -0.15) is 0 Å². The Hall–Kier alpha value is -2.96. The van der Waals surface area contributed by atoms with Gasteiger partial charge in [0.2, 0.25) is 0 Å². The molecule has 0 aromatic heterocycles. The number of rotatable bonds is 11. The minimum absolute atomic E-state index is 0.291. The molecule has 0 aliphatic rings. The molecule has 0 aliphatic carbocycles. The zero-order chi connectivity index (χ0) is 23.8. The molecule has 0 spiro atoms. The second kappa shape index (κ2) is 11.3. The van der Waals surface area contributed by atoms with Gasteiger partial charge >= 0.3 is 0 Å². The Kier molecular flexibility index (Phi) is 8.42. The summed E-state index contributed by atoms with van der Waals surface area (Å²) >= 11 is 0. The number of nitrogens with one attached hydrogen (secondary N) is 1. The predicted molar refractivity (Wildman–Crippen MR) is 128 cm³/mol. The molecule has 5 nitrogen and oxygen atoms in total. The van der Waals surface area contributed by atoms with Crippen LogP contribution in [0.5, 0.6) is 5.75 Å². The molecule has 1 unspecified atom stereocenters. The van der Waals surface area contributed by atoms with E-state index in [9.17, 15) is 19.4 Å². The molecule has 176 valence electrons. The number of carbonyl (C=O) groups is 1. The van der Waals surface area contributed by atoms with Gasteiger partial charge in [0.15, 0.2) is 6.29 Å². The summed E-state index contributed by atoms with van der Waals surface area (Å²) in [4.78, 5) is 13.4. The normalized spacial score (nSPS) is 13.2. The quantitative estimate of drug-likeness (QED) is 0.358. The Bertz CT molecular complexity index is 1070. The molecule has 3 aromatic carbocycles. The van der Waals surface area contributed by atoms with Gasteiger partial charge in [0.1, 0.15) is 11.6 Å². The van der Waals surface area contributed by atoms with Gasteiger partial charge in [-0.3, -0.25) is 4.79 Å². The summed E-state index contributed by atoms with van der Waals surface area (Å²) in [5, 5.41) is 24.8. The van der Waals surface area contributed by atoms with E-state index in [-0.39, 0.29) is 5.82 Å². The first-order chi connectivity index (χ1) is 15.9. The fraction of sp³-hybridized carbons (Fsp3) is 0.370. The lowest BCUT2D eigenvalue weighted by molar-refractivity contribution is -0.110.